The first-order chi connectivity index (χ1) is 11.8. The van der Waals surface area contributed by atoms with Crippen LogP contribution in [0.25, 0.3) is 10.1 Å². The number of carbonyl (C=O) groups is 1. The summed E-state index contributed by atoms with van der Waals surface area (Å²) in [6.45, 7) is 0.101. The number of alkyl halides is 3. The zero-order valence-corrected chi connectivity index (χ0v) is 13.5. The molecule has 9 heteroatoms. The van der Waals surface area contributed by atoms with Crippen LogP contribution >= 0.6 is 11.5 Å². The third-order valence-corrected chi connectivity index (χ3v) is 4.38. The molecule has 0 atom stereocenters. The van der Waals surface area contributed by atoms with Crippen LogP contribution in [0.1, 0.15) is 11.1 Å². The van der Waals surface area contributed by atoms with Gasteiger partial charge in [0.25, 0.3) is 0 Å². The second kappa shape index (κ2) is 6.60. The molecule has 1 heterocycles. The Labute approximate surface area is 144 Å². The van der Waals surface area contributed by atoms with Gasteiger partial charge in [0.15, 0.2) is 0 Å². The number of nitrogen functional groups attached to an aromatic ring is 1. The van der Waals surface area contributed by atoms with Crippen molar-refractivity contribution in [3.63, 3.8) is 0 Å². The van der Waals surface area contributed by atoms with Crippen molar-refractivity contribution in [2.75, 3.05) is 11.1 Å². The molecule has 2 amide bonds. The normalized spacial score (nSPS) is 11.5. The Morgan fingerprint density at radius 2 is 1.88 bits per heavy atom. The predicted octanol–water partition coefficient (Wildman–Crippen LogP) is 4.22. The molecule has 3 aromatic rings. The molecular formula is C16H13F3N4OS. The summed E-state index contributed by atoms with van der Waals surface area (Å²) in [4.78, 5) is 12.0. The van der Waals surface area contributed by atoms with Crippen molar-refractivity contribution in [1.82, 2.24) is 9.69 Å². The number of nitrogens with two attached hydrogens (primary N) is 1. The fraction of sp³-hybridized carbons (Fsp3) is 0.125. The van der Waals surface area contributed by atoms with Crippen LogP contribution in [0.5, 0.6) is 0 Å². The van der Waals surface area contributed by atoms with Crippen LogP contribution in [0.2, 0.25) is 0 Å². The van der Waals surface area contributed by atoms with Crippen LogP contribution in [0, 0.1) is 0 Å². The number of anilines is 2. The minimum Gasteiger partial charge on any atom is -0.398 e. The van der Waals surface area contributed by atoms with Crippen LogP contribution in [-0.2, 0) is 12.7 Å². The van der Waals surface area contributed by atoms with Crippen molar-refractivity contribution in [2.45, 2.75) is 12.7 Å². The van der Waals surface area contributed by atoms with E-state index in [1.807, 2.05) is 0 Å². The number of halogens is 3. The van der Waals surface area contributed by atoms with E-state index in [2.05, 4.69) is 15.0 Å². The summed E-state index contributed by atoms with van der Waals surface area (Å²) in [5.74, 6) is 0. The molecule has 5 nitrogen and oxygen atoms in total. The average Bonchev–Trinajstić information content (AvgIpc) is 3.06. The van der Waals surface area contributed by atoms with Gasteiger partial charge >= 0.3 is 12.2 Å². The van der Waals surface area contributed by atoms with Crippen molar-refractivity contribution in [3.05, 3.63) is 53.7 Å². The Kier molecular flexibility index (Phi) is 4.49. The molecule has 0 saturated heterocycles. The molecule has 0 aliphatic carbocycles. The van der Waals surface area contributed by atoms with Crippen LogP contribution in [-0.4, -0.2) is 10.4 Å². The first kappa shape index (κ1) is 17.0. The largest absolute Gasteiger partial charge is 0.416 e. The Hall–Kier alpha value is -2.81. The fourth-order valence-corrected chi connectivity index (χ4v) is 2.95. The molecule has 0 fully saturated rings. The molecule has 0 unspecified atom stereocenters. The van der Waals surface area contributed by atoms with Gasteiger partial charge in [-0.15, -0.1) is 0 Å². The highest BCUT2D eigenvalue weighted by Crippen LogP contribution is 2.31. The van der Waals surface area contributed by atoms with Gasteiger partial charge in [-0.05, 0) is 41.4 Å². The van der Waals surface area contributed by atoms with Crippen LogP contribution in [0.4, 0.5) is 29.3 Å². The number of amides is 2. The van der Waals surface area contributed by atoms with Gasteiger partial charge in [-0.25, -0.2) is 4.79 Å². The SMILES string of the molecule is Nc1ccc(NC(=O)NCc2ccc(C(F)(F)F)cc2)c2cnsc12. The third-order valence-electron chi connectivity index (χ3n) is 3.53. The van der Waals surface area contributed by atoms with Crippen molar-refractivity contribution in [1.29, 1.82) is 0 Å². The molecule has 1 aromatic heterocycles. The van der Waals surface area contributed by atoms with Crippen molar-refractivity contribution >= 4 is 39.0 Å². The van der Waals surface area contributed by atoms with Gasteiger partial charge in [0.2, 0.25) is 0 Å². The molecular weight excluding hydrogens is 353 g/mol. The van der Waals surface area contributed by atoms with Crippen molar-refractivity contribution < 1.29 is 18.0 Å². The highest BCUT2D eigenvalue weighted by Gasteiger charge is 2.29. The summed E-state index contributed by atoms with van der Waals surface area (Å²) >= 11 is 1.23. The second-order valence-corrected chi connectivity index (χ2v) is 6.07. The molecule has 25 heavy (non-hydrogen) atoms. The molecule has 0 spiro atoms. The molecule has 4 N–H and O–H groups in total. The zero-order chi connectivity index (χ0) is 18.0. The van der Waals surface area contributed by atoms with E-state index in [1.54, 1.807) is 18.3 Å². The average molecular weight is 366 g/mol. The number of nitrogens with zero attached hydrogens (tertiary/aromatic N) is 1. The van der Waals surface area contributed by atoms with E-state index in [1.165, 1.54) is 23.7 Å². The predicted molar refractivity (Wildman–Crippen MR) is 91.3 cm³/mol. The van der Waals surface area contributed by atoms with Crippen LogP contribution < -0.4 is 16.4 Å². The number of hydrogen-bond donors (Lipinski definition) is 3. The quantitative estimate of drug-likeness (QED) is 0.607. The standard InChI is InChI=1S/C16H13F3N4OS/c17-16(18,19)10-3-1-9(2-4-10)7-21-15(24)23-13-6-5-12(20)14-11(13)8-22-25-14/h1-6,8H,7,20H2,(H2,21,23,24). The summed E-state index contributed by atoms with van der Waals surface area (Å²) in [5, 5.41) is 6.01. The van der Waals surface area contributed by atoms with E-state index in [-0.39, 0.29) is 6.54 Å². The first-order valence-corrected chi connectivity index (χ1v) is 7.96. The minimum absolute atomic E-state index is 0.101. The maximum Gasteiger partial charge on any atom is 0.416 e. The lowest BCUT2D eigenvalue weighted by Crippen LogP contribution is -2.28. The number of nitrogens with one attached hydrogen (secondary N) is 2. The van der Waals surface area contributed by atoms with Crippen LogP contribution in [0.3, 0.4) is 0 Å². The molecule has 0 aliphatic heterocycles. The van der Waals surface area contributed by atoms with Gasteiger partial charge in [0.1, 0.15) is 0 Å². The molecule has 2 aromatic carbocycles. The Morgan fingerprint density at radius 3 is 2.56 bits per heavy atom. The number of urea groups is 1. The number of aromatic nitrogens is 1. The van der Waals surface area contributed by atoms with E-state index in [0.717, 1.165) is 22.2 Å². The number of carbonyl (C=O) groups excluding carboxylic acids is 1. The zero-order valence-electron chi connectivity index (χ0n) is 12.7. The highest BCUT2D eigenvalue weighted by molar-refractivity contribution is 7.14. The van der Waals surface area contributed by atoms with Gasteiger partial charge in [0, 0.05) is 11.9 Å². The second-order valence-electron chi connectivity index (χ2n) is 5.27. The summed E-state index contributed by atoms with van der Waals surface area (Å²) < 4.78 is 42.4. The Balaban J connectivity index is 1.63. The molecule has 3 rings (SSSR count). The van der Waals surface area contributed by atoms with Crippen molar-refractivity contribution in [3.8, 4) is 0 Å². The Morgan fingerprint density at radius 1 is 1.16 bits per heavy atom. The summed E-state index contributed by atoms with van der Waals surface area (Å²) in [6, 6.07) is 7.48. The highest BCUT2D eigenvalue weighted by atomic mass is 32.1. The van der Waals surface area contributed by atoms with Crippen molar-refractivity contribution in [2.24, 2.45) is 0 Å². The lowest BCUT2D eigenvalue weighted by atomic mass is 10.1. The van der Waals surface area contributed by atoms with Crippen LogP contribution in [0.15, 0.2) is 42.6 Å². The van der Waals surface area contributed by atoms with E-state index < -0.39 is 17.8 Å². The van der Waals surface area contributed by atoms with E-state index >= 15 is 0 Å². The molecule has 0 bridgehead atoms. The van der Waals surface area contributed by atoms with Gasteiger partial charge in [0.05, 0.1) is 27.8 Å². The molecule has 130 valence electrons. The van der Waals surface area contributed by atoms with Gasteiger partial charge in [-0.3, -0.25) is 0 Å². The van der Waals surface area contributed by atoms with E-state index in [4.69, 9.17) is 5.73 Å². The molecule has 0 radical (unpaired) electrons. The first-order valence-electron chi connectivity index (χ1n) is 7.18. The molecule has 0 saturated carbocycles. The fourth-order valence-electron chi connectivity index (χ4n) is 2.25. The topological polar surface area (TPSA) is 80.0 Å². The number of hydrogen-bond acceptors (Lipinski definition) is 4. The smallest absolute Gasteiger partial charge is 0.398 e. The number of benzene rings is 2. The van der Waals surface area contributed by atoms with Gasteiger partial charge < -0.3 is 16.4 Å². The van der Waals surface area contributed by atoms with Gasteiger partial charge in [-0.2, -0.15) is 17.5 Å². The number of fused-ring (bicyclic) bond motifs is 1. The van der Waals surface area contributed by atoms with E-state index in [9.17, 15) is 18.0 Å². The maximum absolute atomic E-state index is 12.5. The van der Waals surface area contributed by atoms with Gasteiger partial charge in [-0.1, -0.05) is 12.1 Å². The maximum atomic E-state index is 12.5. The summed E-state index contributed by atoms with van der Waals surface area (Å²) in [6.07, 6.45) is -2.76. The lowest BCUT2D eigenvalue weighted by Gasteiger charge is -2.10. The summed E-state index contributed by atoms with van der Waals surface area (Å²) in [5.41, 5.74) is 6.81. The molecule has 0 aliphatic rings. The Bertz CT molecular complexity index is 906. The lowest BCUT2D eigenvalue weighted by molar-refractivity contribution is -0.137. The minimum atomic E-state index is -4.38. The monoisotopic (exact) mass is 366 g/mol. The summed E-state index contributed by atoms with van der Waals surface area (Å²) in [7, 11) is 0. The van der Waals surface area contributed by atoms with E-state index in [0.29, 0.717) is 16.9 Å². The third kappa shape index (κ3) is 3.82. The number of rotatable bonds is 3.